The highest BCUT2D eigenvalue weighted by atomic mass is 16.5. The average molecular weight is 401 g/mol. The minimum atomic E-state index is 0.315. The van der Waals surface area contributed by atoms with Gasteiger partial charge in [0.15, 0.2) is 0 Å². The van der Waals surface area contributed by atoms with Gasteiger partial charge in [-0.15, -0.1) is 0 Å². The van der Waals surface area contributed by atoms with Crippen molar-refractivity contribution in [3.05, 3.63) is 78.4 Å². The van der Waals surface area contributed by atoms with Gasteiger partial charge in [-0.25, -0.2) is 0 Å². The monoisotopic (exact) mass is 401 g/mol. The van der Waals surface area contributed by atoms with Crippen molar-refractivity contribution in [3.63, 3.8) is 0 Å². The Labute approximate surface area is 175 Å². The molecule has 6 heteroatoms. The third-order valence-corrected chi connectivity index (χ3v) is 4.53. The summed E-state index contributed by atoms with van der Waals surface area (Å²) in [5.74, 6) is 2.27. The number of nitrogens with zero attached hydrogens (tertiary/aromatic N) is 2. The highest BCUT2D eigenvalue weighted by Gasteiger charge is 2.11. The molecule has 0 aliphatic rings. The Morgan fingerprint density at radius 2 is 1.63 bits per heavy atom. The van der Waals surface area contributed by atoms with Crippen LogP contribution in [0.15, 0.2) is 72.8 Å². The third-order valence-electron chi connectivity index (χ3n) is 4.53. The van der Waals surface area contributed by atoms with Crippen molar-refractivity contribution < 1.29 is 14.2 Å². The number of hydrogen-bond donors (Lipinski definition) is 1. The summed E-state index contributed by atoms with van der Waals surface area (Å²) in [4.78, 5) is 9.05. The van der Waals surface area contributed by atoms with Gasteiger partial charge in [0.25, 0.3) is 0 Å². The predicted molar refractivity (Wildman–Crippen MR) is 118 cm³/mol. The molecule has 6 nitrogen and oxygen atoms in total. The zero-order valence-electron chi connectivity index (χ0n) is 17.0. The van der Waals surface area contributed by atoms with Crippen molar-refractivity contribution in [1.29, 1.82) is 0 Å². The van der Waals surface area contributed by atoms with E-state index in [9.17, 15) is 0 Å². The summed E-state index contributed by atoms with van der Waals surface area (Å²) in [5, 5.41) is 4.34. The van der Waals surface area contributed by atoms with Crippen LogP contribution in [0.5, 0.6) is 17.5 Å². The quantitative estimate of drug-likeness (QED) is 0.393. The zero-order chi connectivity index (χ0) is 20.8. The number of aromatic nitrogens is 2. The Hall–Kier alpha value is -3.64. The topological polar surface area (TPSA) is 65.5 Å². The highest BCUT2D eigenvalue weighted by Crippen LogP contribution is 2.30. The summed E-state index contributed by atoms with van der Waals surface area (Å²) in [6.07, 6.45) is 0. The minimum Gasteiger partial charge on any atom is -0.461 e. The molecule has 0 atom stereocenters. The summed E-state index contributed by atoms with van der Waals surface area (Å²) in [7, 11) is 1.63. The Morgan fingerprint density at radius 3 is 2.43 bits per heavy atom. The van der Waals surface area contributed by atoms with Gasteiger partial charge in [-0.3, -0.25) is 0 Å². The van der Waals surface area contributed by atoms with Crippen molar-refractivity contribution in [2.75, 3.05) is 25.6 Å². The molecule has 0 fully saturated rings. The lowest BCUT2D eigenvalue weighted by Gasteiger charge is -2.14. The summed E-state index contributed by atoms with van der Waals surface area (Å²) in [6, 6.07) is 23.8. The van der Waals surface area contributed by atoms with Crippen LogP contribution in [0.4, 0.5) is 11.5 Å². The maximum Gasteiger partial charge on any atom is 0.319 e. The van der Waals surface area contributed by atoms with E-state index in [0.29, 0.717) is 25.0 Å². The zero-order valence-corrected chi connectivity index (χ0v) is 17.0. The molecule has 0 unspecified atom stereocenters. The first-order chi connectivity index (χ1) is 14.7. The fourth-order valence-corrected chi connectivity index (χ4v) is 3.02. The lowest BCUT2D eigenvalue weighted by atomic mass is 10.1. The smallest absolute Gasteiger partial charge is 0.319 e. The lowest BCUT2D eigenvalue weighted by Crippen LogP contribution is -2.08. The van der Waals surface area contributed by atoms with Gasteiger partial charge in [0, 0.05) is 18.2 Å². The highest BCUT2D eigenvalue weighted by molar-refractivity contribution is 5.91. The molecule has 0 saturated heterocycles. The van der Waals surface area contributed by atoms with E-state index in [1.165, 1.54) is 0 Å². The number of anilines is 2. The number of nitrogens with one attached hydrogen (secondary N) is 1. The van der Waals surface area contributed by atoms with Gasteiger partial charge in [-0.1, -0.05) is 30.3 Å². The first kappa shape index (κ1) is 19.7. The fourth-order valence-electron chi connectivity index (χ4n) is 3.02. The van der Waals surface area contributed by atoms with Crippen molar-refractivity contribution in [2.45, 2.75) is 6.92 Å². The average Bonchev–Trinajstić information content (AvgIpc) is 2.76. The van der Waals surface area contributed by atoms with E-state index < -0.39 is 0 Å². The number of benzene rings is 3. The molecule has 3 aromatic carbocycles. The van der Waals surface area contributed by atoms with Crippen LogP contribution < -0.4 is 14.8 Å². The van der Waals surface area contributed by atoms with Crippen LogP contribution in [-0.2, 0) is 4.74 Å². The molecule has 0 amide bonds. The molecule has 0 radical (unpaired) electrons. The molecule has 1 aromatic heterocycles. The first-order valence-electron chi connectivity index (χ1n) is 9.72. The largest absolute Gasteiger partial charge is 0.461 e. The number of aryl methyl sites for hydroxylation is 1. The molecule has 0 bridgehead atoms. The Kier molecular flexibility index (Phi) is 6.06. The summed E-state index contributed by atoms with van der Waals surface area (Å²) in [6.45, 7) is 2.89. The molecular formula is C24H23N3O3. The molecule has 4 aromatic rings. The van der Waals surface area contributed by atoms with Gasteiger partial charge < -0.3 is 19.5 Å². The Balaban J connectivity index is 1.60. The first-order valence-corrected chi connectivity index (χ1v) is 9.72. The molecule has 0 aliphatic heterocycles. The van der Waals surface area contributed by atoms with Crippen molar-refractivity contribution in [1.82, 2.24) is 9.97 Å². The fraction of sp³-hybridized carbons (Fsp3) is 0.167. The van der Waals surface area contributed by atoms with Crippen LogP contribution in [0.1, 0.15) is 5.56 Å². The maximum atomic E-state index is 5.92. The number of fused-ring (bicyclic) bond motifs is 1. The predicted octanol–water partition coefficient (Wildman–Crippen LogP) is 5.50. The molecule has 1 N–H and O–H groups in total. The van der Waals surface area contributed by atoms with E-state index in [0.717, 1.165) is 33.7 Å². The van der Waals surface area contributed by atoms with Gasteiger partial charge in [0.05, 0.1) is 12.1 Å². The van der Waals surface area contributed by atoms with Crippen LogP contribution in [0, 0.1) is 6.92 Å². The maximum absolute atomic E-state index is 5.92. The lowest BCUT2D eigenvalue weighted by molar-refractivity contribution is 0.141. The standard InChI is InChI=1S/C24H23N3O3/c1-17-16-19(30-18-8-4-3-5-9-18)12-13-21(17)25-23-20-10-6-7-11-22(20)26-24(27-23)29-15-14-28-2/h3-13,16H,14-15H2,1-2H3,(H,25,26,27). The number of methoxy groups -OCH3 is 1. The van der Waals surface area contributed by atoms with E-state index in [1.54, 1.807) is 7.11 Å². The van der Waals surface area contributed by atoms with E-state index >= 15 is 0 Å². The van der Waals surface area contributed by atoms with E-state index in [2.05, 4.69) is 15.3 Å². The molecule has 0 saturated carbocycles. The van der Waals surface area contributed by atoms with Gasteiger partial charge in [-0.2, -0.15) is 9.97 Å². The van der Waals surface area contributed by atoms with Crippen LogP contribution >= 0.6 is 0 Å². The van der Waals surface area contributed by atoms with Gasteiger partial charge in [0.2, 0.25) is 0 Å². The number of ether oxygens (including phenoxy) is 3. The van der Waals surface area contributed by atoms with Crippen molar-refractivity contribution in [2.24, 2.45) is 0 Å². The number of para-hydroxylation sites is 2. The molecule has 152 valence electrons. The molecule has 1 heterocycles. The summed E-state index contributed by atoms with van der Waals surface area (Å²) < 4.78 is 16.6. The van der Waals surface area contributed by atoms with Crippen LogP contribution in [0.3, 0.4) is 0 Å². The Morgan fingerprint density at radius 1 is 0.833 bits per heavy atom. The van der Waals surface area contributed by atoms with Crippen molar-refractivity contribution >= 4 is 22.4 Å². The van der Waals surface area contributed by atoms with Gasteiger partial charge >= 0.3 is 6.01 Å². The van der Waals surface area contributed by atoms with E-state index in [1.807, 2.05) is 79.7 Å². The number of rotatable bonds is 8. The SMILES string of the molecule is COCCOc1nc(Nc2ccc(Oc3ccccc3)cc2C)c2ccccc2n1. The van der Waals surface area contributed by atoms with Crippen molar-refractivity contribution in [3.8, 4) is 17.5 Å². The summed E-state index contributed by atoms with van der Waals surface area (Å²) >= 11 is 0. The van der Waals surface area contributed by atoms with Gasteiger partial charge in [0.1, 0.15) is 23.9 Å². The van der Waals surface area contributed by atoms with Crippen LogP contribution in [-0.4, -0.2) is 30.3 Å². The van der Waals surface area contributed by atoms with Crippen LogP contribution in [0.2, 0.25) is 0 Å². The second-order valence-electron chi connectivity index (χ2n) is 6.73. The Bertz CT molecular complexity index is 1130. The molecule has 30 heavy (non-hydrogen) atoms. The second-order valence-corrected chi connectivity index (χ2v) is 6.73. The third kappa shape index (κ3) is 4.67. The molecular weight excluding hydrogens is 378 g/mol. The number of hydrogen-bond acceptors (Lipinski definition) is 6. The molecule has 0 aliphatic carbocycles. The van der Waals surface area contributed by atoms with Gasteiger partial charge in [-0.05, 0) is 55.0 Å². The van der Waals surface area contributed by atoms with E-state index in [4.69, 9.17) is 14.2 Å². The van der Waals surface area contributed by atoms with Crippen LogP contribution in [0.25, 0.3) is 10.9 Å². The molecule has 0 spiro atoms. The normalized spacial score (nSPS) is 10.7. The van der Waals surface area contributed by atoms with E-state index in [-0.39, 0.29) is 0 Å². The minimum absolute atomic E-state index is 0.315. The second kappa shape index (κ2) is 9.24. The summed E-state index contributed by atoms with van der Waals surface area (Å²) in [5.41, 5.74) is 2.78. The molecule has 4 rings (SSSR count).